The molecule has 264 valence electrons. The molecule has 0 atom stereocenters. The molecule has 0 saturated heterocycles. The summed E-state index contributed by atoms with van der Waals surface area (Å²) in [7, 11) is 0. The molecule has 6 heteroatoms. The van der Waals surface area contributed by atoms with Gasteiger partial charge >= 0.3 is 11.9 Å². The van der Waals surface area contributed by atoms with Crippen LogP contribution in [0.3, 0.4) is 0 Å². The van der Waals surface area contributed by atoms with Crippen LogP contribution < -0.4 is 10.6 Å². The van der Waals surface area contributed by atoms with Crippen molar-refractivity contribution in [2.24, 2.45) is 0 Å². The highest BCUT2D eigenvalue weighted by molar-refractivity contribution is 5.66. The van der Waals surface area contributed by atoms with Gasteiger partial charge in [0.2, 0.25) is 0 Å². The molecule has 45 heavy (non-hydrogen) atoms. The number of aliphatic carboxylic acids is 2. The molecule has 0 bridgehead atoms. The Hall–Kier alpha value is -1.66. The van der Waals surface area contributed by atoms with Gasteiger partial charge in [-0.05, 0) is 110 Å². The van der Waals surface area contributed by atoms with Crippen LogP contribution in [0, 0.1) is 0 Å². The van der Waals surface area contributed by atoms with Gasteiger partial charge in [0.05, 0.1) is 0 Å². The van der Waals surface area contributed by atoms with E-state index in [1.54, 1.807) is 0 Å². The number of nitrogens with one attached hydrogen (secondary N) is 2. The van der Waals surface area contributed by atoms with Crippen LogP contribution in [0.25, 0.3) is 0 Å². The van der Waals surface area contributed by atoms with Crippen LogP contribution in [0.2, 0.25) is 0 Å². The highest BCUT2D eigenvalue weighted by Gasteiger charge is 1.98. The number of carboxylic acids is 2. The molecule has 0 aromatic carbocycles. The second kappa shape index (κ2) is 38.5. The molecule has 0 radical (unpaired) electrons. The van der Waals surface area contributed by atoms with Crippen molar-refractivity contribution >= 4 is 11.9 Å². The van der Waals surface area contributed by atoms with Gasteiger partial charge in [0.1, 0.15) is 0 Å². The summed E-state index contributed by atoms with van der Waals surface area (Å²) in [4.78, 5) is 20.9. The summed E-state index contributed by atoms with van der Waals surface area (Å²) < 4.78 is 0. The second-order valence-electron chi connectivity index (χ2n) is 13.0. The lowest BCUT2D eigenvalue weighted by atomic mass is 10.1. The number of carbonyl (C=O) groups is 2. The van der Waals surface area contributed by atoms with Crippen molar-refractivity contribution in [3.63, 3.8) is 0 Å². The number of allylic oxidation sites excluding steroid dienone is 4. The molecule has 0 fully saturated rings. The first-order chi connectivity index (χ1) is 22.1. The minimum atomic E-state index is -0.669. The van der Waals surface area contributed by atoms with Crippen LogP contribution in [0.1, 0.15) is 186 Å². The van der Waals surface area contributed by atoms with E-state index < -0.39 is 11.9 Å². The molecular formula is C39H74N2O4. The molecule has 0 saturated carbocycles. The fourth-order valence-corrected chi connectivity index (χ4v) is 5.64. The van der Waals surface area contributed by atoms with Crippen LogP contribution in [0.15, 0.2) is 24.3 Å². The first-order valence-electron chi connectivity index (χ1n) is 19.3. The summed E-state index contributed by atoms with van der Waals surface area (Å²) in [5.74, 6) is -1.34. The predicted octanol–water partition coefficient (Wildman–Crippen LogP) is 10.8. The highest BCUT2D eigenvalue weighted by Crippen LogP contribution is 2.11. The van der Waals surface area contributed by atoms with Gasteiger partial charge in [-0.15, -0.1) is 0 Å². The molecule has 0 heterocycles. The molecule has 0 aromatic rings. The number of hydrogen-bond acceptors (Lipinski definition) is 4. The molecule has 0 aromatic heterocycles. The Morgan fingerprint density at radius 2 is 0.578 bits per heavy atom. The van der Waals surface area contributed by atoms with Gasteiger partial charge in [-0.25, -0.2) is 0 Å². The Balaban J connectivity index is 3.12. The molecule has 0 spiro atoms. The summed E-state index contributed by atoms with van der Waals surface area (Å²) in [6.07, 6.45) is 43.2. The maximum absolute atomic E-state index is 10.5. The third-order valence-corrected chi connectivity index (χ3v) is 8.51. The molecule has 0 aliphatic heterocycles. The largest absolute Gasteiger partial charge is 0.481 e. The van der Waals surface area contributed by atoms with Gasteiger partial charge in [0.25, 0.3) is 0 Å². The zero-order valence-electron chi connectivity index (χ0n) is 29.4. The van der Waals surface area contributed by atoms with Gasteiger partial charge < -0.3 is 20.8 Å². The molecule has 6 nitrogen and oxygen atoms in total. The van der Waals surface area contributed by atoms with E-state index >= 15 is 0 Å². The zero-order valence-corrected chi connectivity index (χ0v) is 29.4. The van der Waals surface area contributed by atoms with Gasteiger partial charge in [-0.3, -0.25) is 9.59 Å². The minimum Gasteiger partial charge on any atom is -0.481 e. The summed E-state index contributed by atoms with van der Waals surface area (Å²) >= 11 is 0. The van der Waals surface area contributed by atoms with Crippen molar-refractivity contribution in [3.05, 3.63) is 24.3 Å². The molecule has 0 aliphatic rings. The lowest BCUT2D eigenvalue weighted by molar-refractivity contribution is -0.138. The van der Waals surface area contributed by atoms with E-state index in [2.05, 4.69) is 34.9 Å². The normalized spacial score (nSPS) is 11.7. The monoisotopic (exact) mass is 635 g/mol. The van der Waals surface area contributed by atoms with Crippen molar-refractivity contribution in [1.82, 2.24) is 10.6 Å². The van der Waals surface area contributed by atoms with Crippen LogP contribution in [-0.4, -0.2) is 48.3 Å². The summed E-state index contributed by atoms with van der Waals surface area (Å²) in [5.41, 5.74) is 0. The third-order valence-electron chi connectivity index (χ3n) is 8.51. The summed E-state index contributed by atoms with van der Waals surface area (Å²) in [6.45, 7) is 4.59. The smallest absolute Gasteiger partial charge is 0.303 e. The van der Waals surface area contributed by atoms with E-state index in [1.807, 2.05) is 0 Å². The Bertz CT molecular complexity index is 624. The van der Waals surface area contributed by atoms with Crippen LogP contribution >= 0.6 is 0 Å². The number of unbranched alkanes of at least 4 members (excludes halogenated alkanes) is 22. The Morgan fingerprint density at radius 3 is 0.889 bits per heavy atom. The topological polar surface area (TPSA) is 98.7 Å². The second-order valence-corrected chi connectivity index (χ2v) is 13.0. The Morgan fingerprint density at radius 1 is 0.333 bits per heavy atom. The fraction of sp³-hybridized carbons (Fsp3) is 0.846. The molecule has 4 N–H and O–H groups in total. The van der Waals surface area contributed by atoms with Crippen LogP contribution in [0.5, 0.6) is 0 Å². The van der Waals surface area contributed by atoms with Gasteiger partial charge in [0.15, 0.2) is 0 Å². The van der Waals surface area contributed by atoms with Gasteiger partial charge in [-0.2, -0.15) is 0 Å². The number of carboxylic acid groups (broad SMARTS) is 2. The highest BCUT2D eigenvalue weighted by atomic mass is 16.4. The average molecular weight is 635 g/mol. The lowest BCUT2D eigenvalue weighted by Gasteiger charge is -2.07. The first-order valence-corrected chi connectivity index (χ1v) is 19.3. The quantitative estimate of drug-likeness (QED) is 0.0398. The maximum Gasteiger partial charge on any atom is 0.303 e. The Kier molecular flexibility index (Phi) is 37.1. The summed E-state index contributed by atoms with van der Waals surface area (Å²) in [6, 6.07) is 0. The van der Waals surface area contributed by atoms with Gasteiger partial charge in [0, 0.05) is 12.8 Å². The molecular weight excluding hydrogens is 560 g/mol. The van der Waals surface area contributed by atoms with Crippen molar-refractivity contribution in [3.8, 4) is 0 Å². The molecule has 0 amide bonds. The van der Waals surface area contributed by atoms with Crippen molar-refractivity contribution < 1.29 is 19.8 Å². The van der Waals surface area contributed by atoms with E-state index in [0.29, 0.717) is 12.8 Å². The Labute approximate surface area is 278 Å². The fourth-order valence-electron chi connectivity index (χ4n) is 5.64. The van der Waals surface area contributed by atoms with Crippen LogP contribution in [-0.2, 0) is 9.59 Å². The van der Waals surface area contributed by atoms with E-state index in [0.717, 1.165) is 51.9 Å². The van der Waals surface area contributed by atoms with Crippen LogP contribution in [0.4, 0.5) is 0 Å². The van der Waals surface area contributed by atoms with Crippen molar-refractivity contribution in [2.45, 2.75) is 186 Å². The molecule has 0 aliphatic carbocycles. The van der Waals surface area contributed by atoms with E-state index in [-0.39, 0.29) is 0 Å². The third kappa shape index (κ3) is 42.3. The number of hydrogen-bond donors (Lipinski definition) is 4. The van der Waals surface area contributed by atoms with Gasteiger partial charge in [-0.1, -0.05) is 114 Å². The van der Waals surface area contributed by atoms with Crippen molar-refractivity contribution in [2.75, 3.05) is 26.2 Å². The molecule has 0 unspecified atom stereocenters. The van der Waals surface area contributed by atoms with Crippen molar-refractivity contribution in [1.29, 1.82) is 0 Å². The summed E-state index contributed by atoms with van der Waals surface area (Å²) in [5, 5.41) is 24.5. The SMILES string of the molecule is O=C(O)CCCCCCCC=CCCCCCCCCNCCCNCCCCCCCCC=CCCCCCCCC(=O)O. The van der Waals surface area contributed by atoms with E-state index in [9.17, 15) is 9.59 Å². The predicted molar refractivity (Wildman–Crippen MR) is 193 cm³/mol. The van der Waals surface area contributed by atoms with E-state index in [1.165, 1.54) is 148 Å². The van der Waals surface area contributed by atoms with E-state index in [4.69, 9.17) is 10.2 Å². The zero-order chi connectivity index (χ0) is 32.7. The minimum absolute atomic E-state index is 0.321. The standard InChI is InChI=1S/C39H74N2O4/c42-38(43)32-27-23-19-15-11-7-3-1-5-9-13-17-21-25-29-34-40-36-31-37-41-35-30-26-22-18-14-10-6-2-4-8-12-16-20-24-28-33-39(44)45/h1-4,40-41H,5-37H2,(H,42,43)(H,44,45). The molecule has 0 rings (SSSR count). The first kappa shape index (κ1) is 43.3. The lowest BCUT2D eigenvalue weighted by Crippen LogP contribution is -2.23. The number of rotatable bonds is 38. The maximum atomic E-state index is 10.5. The average Bonchev–Trinajstić information content (AvgIpc) is 3.02.